The van der Waals surface area contributed by atoms with E-state index in [1.54, 1.807) is 0 Å². The molecule has 16 heavy (non-hydrogen) atoms. The van der Waals surface area contributed by atoms with E-state index in [2.05, 4.69) is 4.74 Å². The third-order valence-electron chi connectivity index (χ3n) is 1.52. The Kier molecular flexibility index (Phi) is 4.17. The summed E-state index contributed by atoms with van der Waals surface area (Å²) in [6, 6.07) is 0.0693. The molecule has 0 heterocycles. The van der Waals surface area contributed by atoms with Crippen LogP contribution in [0.4, 0.5) is 22.4 Å². The van der Waals surface area contributed by atoms with Gasteiger partial charge in [0.05, 0.1) is 11.5 Å². The van der Waals surface area contributed by atoms with Gasteiger partial charge in [-0.2, -0.15) is 0 Å². The molecule has 1 aromatic carbocycles. The van der Waals surface area contributed by atoms with Crippen molar-refractivity contribution in [3.8, 4) is 0 Å². The van der Waals surface area contributed by atoms with Gasteiger partial charge < -0.3 is 4.74 Å². The van der Waals surface area contributed by atoms with E-state index in [0.717, 1.165) is 0 Å². The van der Waals surface area contributed by atoms with Crippen molar-refractivity contribution in [3.63, 3.8) is 0 Å². The molecule has 0 radical (unpaired) electrons. The molecule has 0 aromatic heterocycles. The Bertz CT molecular complexity index is 396. The summed E-state index contributed by atoms with van der Waals surface area (Å²) >= 11 is -0.0414. The lowest BCUT2D eigenvalue weighted by molar-refractivity contribution is 0.181. The molecule has 0 aliphatic carbocycles. The lowest BCUT2D eigenvalue weighted by Gasteiger charge is -2.05. The van der Waals surface area contributed by atoms with Gasteiger partial charge >= 0.3 is 5.30 Å². The molecule has 2 nitrogen and oxygen atoms in total. The van der Waals surface area contributed by atoms with Gasteiger partial charge in [0, 0.05) is 6.07 Å². The minimum atomic E-state index is -1.61. The molecule has 0 N–H and O–H groups in total. The summed E-state index contributed by atoms with van der Waals surface area (Å²) < 4.78 is 55.9. The van der Waals surface area contributed by atoms with Crippen molar-refractivity contribution >= 4 is 17.1 Å². The maximum absolute atomic E-state index is 13.0. The molecular weight excluding hydrogens is 248 g/mol. The van der Waals surface area contributed by atoms with Crippen LogP contribution in [-0.4, -0.2) is 11.9 Å². The minimum Gasteiger partial charge on any atom is -0.458 e. The number of hydrogen-bond donors (Lipinski definition) is 0. The maximum Gasteiger partial charge on any atom is 0.372 e. The number of ether oxygens (including phenoxy) is 1. The number of rotatable bonds is 2. The van der Waals surface area contributed by atoms with Crippen LogP contribution in [0, 0.1) is 23.3 Å². The van der Waals surface area contributed by atoms with Gasteiger partial charge in [-0.25, -0.2) is 22.4 Å². The number of benzene rings is 1. The predicted octanol–water partition coefficient (Wildman–Crippen LogP) is 3.49. The number of thioether (sulfide) groups is 1. The normalized spacial score (nSPS) is 10.3. The van der Waals surface area contributed by atoms with E-state index in [1.807, 2.05) is 0 Å². The van der Waals surface area contributed by atoms with Crippen LogP contribution >= 0.6 is 11.8 Å². The van der Waals surface area contributed by atoms with Gasteiger partial charge in [0.25, 0.3) is 0 Å². The third kappa shape index (κ3) is 2.66. The summed E-state index contributed by atoms with van der Waals surface area (Å²) in [5, 5.41) is -1.04. The fourth-order valence-corrected chi connectivity index (χ4v) is 1.59. The highest BCUT2D eigenvalue weighted by Crippen LogP contribution is 2.29. The molecular formula is C9H6F4O2S. The Hall–Kier alpha value is -1.24. The standard InChI is InChI=1S/C9H6F4O2S/c1-2-15-9(14)16-8-6(12)4(10)3-5(11)7(8)13/h3H,2H2,1H3. The summed E-state index contributed by atoms with van der Waals surface area (Å²) in [6.07, 6.45) is 0. The second-order valence-corrected chi connectivity index (χ2v) is 3.53. The van der Waals surface area contributed by atoms with Gasteiger partial charge in [0.15, 0.2) is 23.3 Å². The van der Waals surface area contributed by atoms with Gasteiger partial charge in [-0.05, 0) is 18.7 Å². The monoisotopic (exact) mass is 254 g/mol. The fourth-order valence-electron chi connectivity index (χ4n) is 0.872. The summed E-state index contributed by atoms with van der Waals surface area (Å²) in [6.45, 7) is 1.48. The summed E-state index contributed by atoms with van der Waals surface area (Å²) in [5.74, 6) is -6.36. The van der Waals surface area contributed by atoms with Gasteiger partial charge in [-0.1, -0.05) is 0 Å². The highest BCUT2D eigenvalue weighted by molar-refractivity contribution is 8.13. The Morgan fingerprint density at radius 1 is 1.25 bits per heavy atom. The quantitative estimate of drug-likeness (QED) is 0.350. The van der Waals surface area contributed by atoms with E-state index in [9.17, 15) is 22.4 Å². The minimum absolute atomic E-state index is 0.00707. The number of carbonyl (C=O) groups is 1. The molecule has 0 saturated heterocycles. The van der Waals surface area contributed by atoms with Gasteiger partial charge in [-0.15, -0.1) is 0 Å². The molecule has 1 aromatic rings. The van der Waals surface area contributed by atoms with Crippen LogP contribution in [0.2, 0.25) is 0 Å². The molecule has 1 rings (SSSR count). The van der Waals surface area contributed by atoms with Crippen LogP contribution in [0.5, 0.6) is 0 Å². The van der Waals surface area contributed by atoms with Crippen LogP contribution in [0.3, 0.4) is 0 Å². The molecule has 0 atom stereocenters. The molecule has 0 aliphatic heterocycles. The van der Waals surface area contributed by atoms with Crippen LogP contribution in [-0.2, 0) is 4.74 Å². The first-order valence-electron chi connectivity index (χ1n) is 4.15. The van der Waals surface area contributed by atoms with Crippen molar-refractivity contribution < 1.29 is 27.1 Å². The van der Waals surface area contributed by atoms with Crippen LogP contribution in [0.15, 0.2) is 11.0 Å². The zero-order chi connectivity index (χ0) is 12.3. The molecule has 0 amide bonds. The van der Waals surface area contributed by atoms with E-state index in [0.29, 0.717) is 0 Å². The van der Waals surface area contributed by atoms with Crippen molar-refractivity contribution in [1.29, 1.82) is 0 Å². The summed E-state index contributed by atoms with van der Waals surface area (Å²) in [5.41, 5.74) is 0. The molecule has 0 spiro atoms. The second-order valence-electron chi connectivity index (χ2n) is 2.58. The SMILES string of the molecule is CCOC(=O)Sc1c(F)c(F)cc(F)c1F. The second kappa shape index (κ2) is 5.20. The first kappa shape index (κ1) is 12.8. The summed E-state index contributed by atoms with van der Waals surface area (Å²) in [4.78, 5) is 9.86. The molecule has 0 saturated carbocycles. The maximum atomic E-state index is 13.0. The van der Waals surface area contributed by atoms with E-state index in [4.69, 9.17) is 0 Å². The fraction of sp³-hybridized carbons (Fsp3) is 0.222. The molecule has 0 fully saturated rings. The number of halogens is 4. The predicted molar refractivity (Wildman–Crippen MR) is 49.2 cm³/mol. The Morgan fingerprint density at radius 2 is 1.75 bits per heavy atom. The van der Waals surface area contributed by atoms with E-state index in [-0.39, 0.29) is 24.4 Å². The molecule has 88 valence electrons. The third-order valence-corrected chi connectivity index (χ3v) is 2.37. The molecule has 0 aliphatic rings. The highest BCUT2D eigenvalue weighted by Gasteiger charge is 2.22. The Labute approximate surface area is 92.6 Å². The number of hydrogen-bond acceptors (Lipinski definition) is 3. The highest BCUT2D eigenvalue weighted by atomic mass is 32.2. The van der Waals surface area contributed by atoms with Crippen LogP contribution in [0.25, 0.3) is 0 Å². The Balaban J connectivity index is 3.07. The van der Waals surface area contributed by atoms with Crippen LogP contribution < -0.4 is 0 Å². The van der Waals surface area contributed by atoms with Gasteiger partial charge in [0.1, 0.15) is 0 Å². The van der Waals surface area contributed by atoms with Crippen molar-refractivity contribution in [2.75, 3.05) is 6.61 Å². The molecule has 7 heteroatoms. The first-order valence-corrected chi connectivity index (χ1v) is 4.96. The summed E-state index contributed by atoms with van der Waals surface area (Å²) in [7, 11) is 0. The van der Waals surface area contributed by atoms with Gasteiger partial charge in [0.2, 0.25) is 0 Å². The van der Waals surface area contributed by atoms with Crippen molar-refractivity contribution in [2.24, 2.45) is 0 Å². The number of carbonyl (C=O) groups excluding carboxylic acids is 1. The zero-order valence-corrected chi connectivity index (χ0v) is 8.84. The molecule has 0 bridgehead atoms. The van der Waals surface area contributed by atoms with E-state index < -0.39 is 33.5 Å². The average molecular weight is 254 g/mol. The molecule has 0 unspecified atom stereocenters. The van der Waals surface area contributed by atoms with E-state index >= 15 is 0 Å². The lowest BCUT2D eigenvalue weighted by Crippen LogP contribution is -2.02. The smallest absolute Gasteiger partial charge is 0.372 e. The average Bonchev–Trinajstić information content (AvgIpc) is 2.22. The topological polar surface area (TPSA) is 26.3 Å². The van der Waals surface area contributed by atoms with E-state index in [1.165, 1.54) is 6.92 Å². The lowest BCUT2D eigenvalue weighted by atomic mass is 10.3. The van der Waals surface area contributed by atoms with Crippen LogP contribution in [0.1, 0.15) is 6.92 Å². The van der Waals surface area contributed by atoms with Crippen molar-refractivity contribution in [1.82, 2.24) is 0 Å². The van der Waals surface area contributed by atoms with Crippen molar-refractivity contribution in [3.05, 3.63) is 29.3 Å². The first-order chi connectivity index (χ1) is 7.47. The van der Waals surface area contributed by atoms with Crippen molar-refractivity contribution in [2.45, 2.75) is 11.8 Å². The largest absolute Gasteiger partial charge is 0.458 e. The van der Waals surface area contributed by atoms with Gasteiger partial charge in [-0.3, -0.25) is 0 Å². The Morgan fingerprint density at radius 3 is 2.19 bits per heavy atom. The zero-order valence-electron chi connectivity index (χ0n) is 8.02.